The van der Waals surface area contributed by atoms with Crippen molar-refractivity contribution in [2.75, 3.05) is 24.5 Å². The fourth-order valence-corrected chi connectivity index (χ4v) is 3.73. The minimum atomic E-state index is -0.180. The third kappa shape index (κ3) is 2.77. The van der Waals surface area contributed by atoms with E-state index in [-0.39, 0.29) is 17.2 Å². The van der Waals surface area contributed by atoms with Gasteiger partial charge in [-0.3, -0.25) is 19.3 Å². The Morgan fingerprint density at radius 1 is 1.20 bits per heavy atom. The Morgan fingerprint density at radius 3 is 2.72 bits per heavy atom. The van der Waals surface area contributed by atoms with Crippen LogP contribution in [0.5, 0.6) is 0 Å². The molecule has 1 atom stereocenters. The van der Waals surface area contributed by atoms with Crippen LogP contribution in [0.1, 0.15) is 29.0 Å². The van der Waals surface area contributed by atoms with Crippen molar-refractivity contribution in [3.05, 3.63) is 36.2 Å². The number of aryl methyl sites for hydroxylation is 2. The molecule has 0 aliphatic carbocycles. The van der Waals surface area contributed by atoms with Crippen LogP contribution in [0.15, 0.2) is 24.8 Å². The lowest BCUT2D eigenvalue weighted by Crippen LogP contribution is -2.34. The maximum absolute atomic E-state index is 12.6. The molecule has 2 aliphatic heterocycles. The molecule has 4 rings (SSSR count). The average Bonchev–Trinajstić information content (AvgIpc) is 3.27. The second-order valence-corrected chi connectivity index (χ2v) is 7.05. The molecular formula is C17H20N6O2. The van der Waals surface area contributed by atoms with Gasteiger partial charge in [-0.1, -0.05) is 0 Å². The first-order chi connectivity index (χ1) is 12.0. The third-order valence-corrected chi connectivity index (χ3v) is 5.05. The van der Waals surface area contributed by atoms with Crippen LogP contribution < -0.4 is 4.90 Å². The molecule has 2 aromatic rings. The van der Waals surface area contributed by atoms with Crippen molar-refractivity contribution in [2.24, 2.45) is 12.5 Å². The van der Waals surface area contributed by atoms with Crippen LogP contribution in [0, 0.1) is 12.3 Å². The van der Waals surface area contributed by atoms with Gasteiger partial charge in [-0.05, 0) is 13.3 Å². The zero-order chi connectivity index (χ0) is 17.6. The zero-order valence-electron chi connectivity index (χ0n) is 14.3. The van der Waals surface area contributed by atoms with Crippen LogP contribution in [0.25, 0.3) is 0 Å². The SMILES string of the molecule is Cc1cnc(C(=O)N2CCC3(CC(=O)N(c4cnn(C)c4)C3)C2)cn1. The molecule has 1 unspecified atom stereocenters. The minimum Gasteiger partial charge on any atom is -0.337 e. The van der Waals surface area contributed by atoms with Crippen molar-refractivity contribution in [1.29, 1.82) is 0 Å². The Bertz CT molecular complexity index is 830. The fourth-order valence-electron chi connectivity index (χ4n) is 3.73. The molecule has 1 spiro atoms. The van der Waals surface area contributed by atoms with E-state index in [1.807, 2.05) is 20.2 Å². The first-order valence-corrected chi connectivity index (χ1v) is 8.33. The first kappa shape index (κ1) is 15.7. The van der Waals surface area contributed by atoms with Gasteiger partial charge >= 0.3 is 0 Å². The summed E-state index contributed by atoms with van der Waals surface area (Å²) in [6.07, 6.45) is 7.95. The lowest BCUT2D eigenvalue weighted by Gasteiger charge is -2.23. The van der Waals surface area contributed by atoms with Gasteiger partial charge in [0.2, 0.25) is 5.91 Å². The Labute approximate surface area is 145 Å². The van der Waals surface area contributed by atoms with Gasteiger partial charge in [0.05, 0.1) is 23.8 Å². The summed E-state index contributed by atoms with van der Waals surface area (Å²) in [5, 5.41) is 4.14. The number of carbonyl (C=O) groups is 2. The van der Waals surface area contributed by atoms with E-state index in [1.54, 1.807) is 26.9 Å². The minimum absolute atomic E-state index is 0.0948. The second-order valence-electron chi connectivity index (χ2n) is 7.05. The summed E-state index contributed by atoms with van der Waals surface area (Å²) < 4.78 is 1.69. The molecule has 0 N–H and O–H groups in total. The van der Waals surface area contributed by atoms with Crippen LogP contribution in [0.2, 0.25) is 0 Å². The first-order valence-electron chi connectivity index (χ1n) is 8.33. The number of aromatic nitrogens is 4. The Balaban J connectivity index is 1.49. The Hall–Kier alpha value is -2.77. The van der Waals surface area contributed by atoms with E-state index < -0.39 is 0 Å². The van der Waals surface area contributed by atoms with Gasteiger partial charge in [-0.25, -0.2) is 4.98 Å². The van der Waals surface area contributed by atoms with Crippen molar-refractivity contribution < 1.29 is 9.59 Å². The average molecular weight is 340 g/mol. The lowest BCUT2D eigenvalue weighted by atomic mass is 9.86. The van der Waals surface area contributed by atoms with E-state index in [0.29, 0.717) is 31.7 Å². The summed E-state index contributed by atoms with van der Waals surface area (Å²) in [6, 6.07) is 0. The number of carbonyl (C=O) groups excluding carboxylic acids is 2. The van der Waals surface area contributed by atoms with Crippen LogP contribution >= 0.6 is 0 Å². The van der Waals surface area contributed by atoms with Crippen molar-refractivity contribution >= 4 is 17.5 Å². The van der Waals surface area contributed by atoms with Crippen molar-refractivity contribution in [2.45, 2.75) is 19.8 Å². The summed E-state index contributed by atoms with van der Waals surface area (Å²) in [4.78, 5) is 37.0. The normalized spacial score (nSPS) is 23.0. The van der Waals surface area contributed by atoms with E-state index in [9.17, 15) is 9.59 Å². The monoisotopic (exact) mass is 340 g/mol. The van der Waals surface area contributed by atoms with Crippen molar-refractivity contribution in [3.63, 3.8) is 0 Å². The van der Waals surface area contributed by atoms with Crippen molar-refractivity contribution in [3.8, 4) is 0 Å². The number of rotatable bonds is 2. The lowest BCUT2D eigenvalue weighted by molar-refractivity contribution is -0.117. The molecule has 0 aromatic carbocycles. The maximum atomic E-state index is 12.6. The summed E-state index contributed by atoms with van der Waals surface area (Å²) in [7, 11) is 1.83. The second kappa shape index (κ2) is 5.65. The van der Waals surface area contributed by atoms with Gasteiger partial charge in [0.25, 0.3) is 5.91 Å². The molecule has 130 valence electrons. The van der Waals surface area contributed by atoms with Gasteiger partial charge in [-0.2, -0.15) is 5.10 Å². The molecule has 2 saturated heterocycles. The molecule has 2 fully saturated rings. The number of hydrogen-bond donors (Lipinski definition) is 0. The molecule has 2 amide bonds. The molecule has 0 saturated carbocycles. The van der Waals surface area contributed by atoms with E-state index >= 15 is 0 Å². The van der Waals surface area contributed by atoms with Gasteiger partial charge in [0.1, 0.15) is 5.69 Å². The predicted octanol–water partition coefficient (Wildman–Crippen LogP) is 0.788. The van der Waals surface area contributed by atoms with E-state index in [2.05, 4.69) is 15.1 Å². The van der Waals surface area contributed by atoms with Crippen LogP contribution in [0.3, 0.4) is 0 Å². The highest BCUT2D eigenvalue weighted by Crippen LogP contribution is 2.42. The van der Waals surface area contributed by atoms with Crippen molar-refractivity contribution in [1.82, 2.24) is 24.6 Å². The number of amides is 2. The van der Waals surface area contributed by atoms with E-state index in [4.69, 9.17) is 0 Å². The number of nitrogens with zero attached hydrogens (tertiary/aromatic N) is 6. The molecule has 2 aliphatic rings. The van der Waals surface area contributed by atoms with Gasteiger partial charge in [0.15, 0.2) is 0 Å². The largest absolute Gasteiger partial charge is 0.337 e. The summed E-state index contributed by atoms with van der Waals surface area (Å²) in [6.45, 7) is 3.68. The van der Waals surface area contributed by atoms with E-state index in [1.165, 1.54) is 6.20 Å². The van der Waals surface area contributed by atoms with Crippen LogP contribution in [0.4, 0.5) is 5.69 Å². The molecule has 4 heterocycles. The van der Waals surface area contributed by atoms with Crippen LogP contribution in [-0.2, 0) is 11.8 Å². The summed E-state index contributed by atoms with van der Waals surface area (Å²) in [5.41, 5.74) is 1.78. The Morgan fingerprint density at radius 2 is 2.04 bits per heavy atom. The quantitative estimate of drug-likeness (QED) is 0.807. The van der Waals surface area contributed by atoms with Gasteiger partial charge in [0, 0.05) is 50.9 Å². The Kier molecular flexibility index (Phi) is 3.55. The highest BCUT2D eigenvalue weighted by Gasteiger charge is 2.49. The smallest absolute Gasteiger partial charge is 0.274 e. The number of hydrogen-bond acceptors (Lipinski definition) is 5. The molecule has 8 nitrogen and oxygen atoms in total. The van der Waals surface area contributed by atoms with E-state index in [0.717, 1.165) is 17.8 Å². The number of anilines is 1. The summed E-state index contributed by atoms with van der Waals surface area (Å²) in [5.74, 6) is -0.0194. The topological polar surface area (TPSA) is 84.2 Å². The highest BCUT2D eigenvalue weighted by molar-refractivity contribution is 5.97. The molecule has 0 radical (unpaired) electrons. The summed E-state index contributed by atoms with van der Waals surface area (Å²) >= 11 is 0. The highest BCUT2D eigenvalue weighted by atomic mass is 16.2. The molecule has 8 heteroatoms. The molecule has 2 aromatic heterocycles. The van der Waals surface area contributed by atoms with Crippen LogP contribution in [-0.4, -0.2) is 56.1 Å². The fraction of sp³-hybridized carbons (Fsp3) is 0.471. The number of likely N-dealkylation sites (tertiary alicyclic amines) is 1. The molecule has 0 bridgehead atoms. The standard InChI is InChI=1S/C17H20N6O2/c1-12-6-19-14(8-18-12)16(25)22-4-3-17(10-22)5-15(24)23(11-17)13-7-20-21(2)9-13/h6-9H,3-5,10-11H2,1-2H3. The maximum Gasteiger partial charge on any atom is 0.274 e. The zero-order valence-corrected chi connectivity index (χ0v) is 14.3. The van der Waals surface area contributed by atoms with Gasteiger partial charge in [-0.15, -0.1) is 0 Å². The molecular weight excluding hydrogens is 320 g/mol. The predicted molar refractivity (Wildman–Crippen MR) is 89.9 cm³/mol. The third-order valence-electron chi connectivity index (χ3n) is 5.05. The van der Waals surface area contributed by atoms with Gasteiger partial charge < -0.3 is 9.80 Å². The molecule has 25 heavy (non-hydrogen) atoms.